The molecule has 3 heterocycles. The minimum Gasteiger partial charge on any atom is -0.369 e. The second-order valence-electron chi connectivity index (χ2n) is 8.90. The highest BCUT2D eigenvalue weighted by Gasteiger charge is 2.21. The van der Waals surface area contributed by atoms with Crippen LogP contribution in [0.3, 0.4) is 0 Å². The average molecular weight is 504 g/mol. The second-order valence-corrected chi connectivity index (χ2v) is 9.34. The van der Waals surface area contributed by atoms with Gasteiger partial charge in [0, 0.05) is 72.6 Å². The summed E-state index contributed by atoms with van der Waals surface area (Å²) in [6, 6.07) is 19.8. The van der Waals surface area contributed by atoms with Crippen LogP contribution in [0.1, 0.15) is 21.6 Å². The van der Waals surface area contributed by atoms with Crippen LogP contribution in [0, 0.1) is 12.7 Å². The lowest BCUT2D eigenvalue weighted by Gasteiger charge is -2.36. The normalized spacial score (nSPS) is 14.1. The number of anilines is 1. The van der Waals surface area contributed by atoms with Crippen LogP contribution in [0.2, 0.25) is 5.02 Å². The van der Waals surface area contributed by atoms with Gasteiger partial charge in [-0.25, -0.2) is 4.39 Å². The fraction of sp³-hybridized carbons (Fsp3) is 0.214. The molecule has 5 rings (SSSR count). The van der Waals surface area contributed by atoms with E-state index in [-0.39, 0.29) is 11.7 Å². The summed E-state index contributed by atoms with van der Waals surface area (Å²) in [6.45, 7) is 6.31. The van der Waals surface area contributed by atoms with Crippen LogP contribution in [0.25, 0.3) is 11.3 Å². The lowest BCUT2D eigenvalue weighted by atomic mass is 10.1. The van der Waals surface area contributed by atoms with E-state index in [0.29, 0.717) is 10.6 Å². The molecular formula is C28H27ClFN5O. The smallest absolute Gasteiger partial charge is 0.270 e. The summed E-state index contributed by atoms with van der Waals surface area (Å²) in [5.41, 5.74) is 8.62. The van der Waals surface area contributed by atoms with E-state index in [2.05, 4.69) is 26.3 Å². The average Bonchev–Trinajstić information content (AvgIpc) is 3.20. The molecule has 4 aromatic rings. The van der Waals surface area contributed by atoms with Gasteiger partial charge in [0.15, 0.2) is 0 Å². The molecule has 0 atom stereocenters. The number of nitrogens with one attached hydrogen (secondary N) is 1. The summed E-state index contributed by atoms with van der Waals surface area (Å²) >= 11 is 6.12. The molecule has 8 heteroatoms. The van der Waals surface area contributed by atoms with Crippen LogP contribution >= 0.6 is 11.6 Å². The van der Waals surface area contributed by atoms with E-state index >= 15 is 0 Å². The largest absolute Gasteiger partial charge is 0.369 e. The number of carbonyl (C=O) groups excluding carboxylic acids is 1. The van der Waals surface area contributed by atoms with E-state index in [9.17, 15) is 9.18 Å². The molecule has 6 nitrogen and oxygen atoms in total. The van der Waals surface area contributed by atoms with E-state index < -0.39 is 0 Å². The van der Waals surface area contributed by atoms with E-state index in [1.54, 1.807) is 24.5 Å². The maximum Gasteiger partial charge on any atom is 0.270 e. The highest BCUT2D eigenvalue weighted by molar-refractivity contribution is 6.30. The maximum absolute atomic E-state index is 13.3. The SMILES string of the molecule is Cc1c(CN2CCN(c3ccc(F)cc3)CC2)cc(-c2ccc(Cl)cc2)n1NC(=O)c1ccncc1. The molecule has 1 saturated heterocycles. The molecule has 1 fully saturated rings. The molecule has 1 N–H and O–H groups in total. The van der Waals surface area contributed by atoms with Crippen LogP contribution in [-0.2, 0) is 6.54 Å². The van der Waals surface area contributed by atoms with Gasteiger partial charge < -0.3 is 4.90 Å². The van der Waals surface area contributed by atoms with E-state index in [4.69, 9.17) is 11.6 Å². The van der Waals surface area contributed by atoms with Crippen molar-refractivity contribution in [3.8, 4) is 11.3 Å². The number of halogens is 2. The maximum atomic E-state index is 13.3. The number of aromatic nitrogens is 2. The monoisotopic (exact) mass is 503 g/mol. The molecule has 184 valence electrons. The number of carbonyl (C=O) groups is 1. The lowest BCUT2D eigenvalue weighted by molar-refractivity contribution is 0.101. The Morgan fingerprint density at radius 1 is 0.972 bits per heavy atom. The zero-order valence-electron chi connectivity index (χ0n) is 20.0. The van der Waals surface area contributed by atoms with Crippen LogP contribution in [0.15, 0.2) is 79.1 Å². The lowest BCUT2D eigenvalue weighted by Crippen LogP contribution is -2.46. The minimum absolute atomic E-state index is 0.203. The first-order valence-corrected chi connectivity index (χ1v) is 12.3. The predicted octanol–water partition coefficient (Wildman–Crippen LogP) is 5.36. The standard InChI is InChI=1S/C28H27ClFN5O/c1-20-23(19-33-14-16-34(17-15-33)26-8-6-25(30)7-9-26)18-27(21-2-4-24(29)5-3-21)35(20)32-28(36)22-10-12-31-13-11-22/h2-13,18H,14-17,19H2,1H3,(H,32,36). The number of rotatable bonds is 6. The summed E-state index contributed by atoms with van der Waals surface area (Å²) in [5.74, 6) is -0.421. The molecule has 1 aliphatic rings. The Hall–Kier alpha value is -3.68. The Bertz CT molecular complexity index is 1330. The van der Waals surface area contributed by atoms with Crippen molar-refractivity contribution < 1.29 is 9.18 Å². The number of amides is 1. The molecular weight excluding hydrogens is 477 g/mol. The third-order valence-corrected chi connectivity index (χ3v) is 6.86. The quantitative estimate of drug-likeness (QED) is 0.385. The zero-order valence-corrected chi connectivity index (χ0v) is 20.8. The van der Waals surface area contributed by atoms with Crippen molar-refractivity contribution in [3.05, 3.63) is 107 Å². The third-order valence-electron chi connectivity index (χ3n) is 6.61. The molecule has 2 aromatic heterocycles. The van der Waals surface area contributed by atoms with Gasteiger partial charge in [0.1, 0.15) is 5.82 Å². The van der Waals surface area contributed by atoms with Gasteiger partial charge >= 0.3 is 0 Å². The first-order chi connectivity index (χ1) is 17.5. The fourth-order valence-electron chi connectivity index (χ4n) is 4.52. The topological polar surface area (TPSA) is 53.4 Å². The highest BCUT2D eigenvalue weighted by Crippen LogP contribution is 2.28. The molecule has 36 heavy (non-hydrogen) atoms. The predicted molar refractivity (Wildman–Crippen MR) is 141 cm³/mol. The highest BCUT2D eigenvalue weighted by atomic mass is 35.5. The van der Waals surface area contributed by atoms with Crippen LogP contribution in [0.5, 0.6) is 0 Å². The van der Waals surface area contributed by atoms with Crippen LogP contribution in [-0.4, -0.2) is 46.6 Å². The summed E-state index contributed by atoms with van der Waals surface area (Å²) in [4.78, 5) is 21.7. The Morgan fingerprint density at radius 2 is 1.64 bits per heavy atom. The molecule has 0 unspecified atom stereocenters. The fourth-order valence-corrected chi connectivity index (χ4v) is 4.65. The van der Waals surface area contributed by atoms with Crippen molar-refractivity contribution in [2.45, 2.75) is 13.5 Å². The zero-order chi connectivity index (χ0) is 25.1. The van der Waals surface area contributed by atoms with Crippen molar-refractivity contribution >= 4 is 23.2 Å². The Morgan fingerprint density at radius 3 is 2.31 bits per heavy atom. The van der Waals surface area contributed by atoms with Gasteiger partial charge in [-0.1, -0.05) is 23.7 Å². The molecule has 1 aliphatic heterocycles. The van der Waals surface area contributed by atoms with Gasteiger partial charge in [-0.2, -0.15) is 0 Å². The number of piperazine rings is 1. The van der Waals surface area contributed by atoms with Crippen molar-refractivity contribution in [2.24, 2.45) is 0 Å². The minimum atomic E-state index is -0.218. The van der Waals surface area contributed by atoms with Crippen molar-refractivity contribution in [1.29, 1.82) is 0 Å². The number of nitrogens with zero attached hydrogens (tertiary/aromatic N) is 4. The van der Waals surface area contributed by atoms with Gasteiger partial charge in [0.05, 0.1) is 5.69 Å². The molecule has 2 aromatic carbocycles. The van der Waals surface area contributed by atoms with Crippen LogP contribution in [0.4, 0.5) is 10.1 Å². The summed E-state index contributed by atoms with van der Waals surface area (Å²) in [6.07, 6.45) is 3.21. The Kier molecular flexibility index (Phi) is 7.02. The van der Waals surface area contributed by atoms with Crippen molar-refractivity contribution in [2.75, 3.05) is 36.5 Å². The van der Waals surface area contributed by atoms with Crippen molar-refractivity contribution in [1.82, 2.24) is 14.6 Å². The number of benzene rings is 2. The molecule has 0 spiro atoms. The van der Waals surface area contributed by atoms with Gasteiger partial charge in [-0.3, -0.25) is 24.8 Å². The first-order valence-electron chi connectivity index (χ1n) is 11.9. The van der Waals surface area contributed by atoms with Crippen molar-refractivity contribution in [3.63, 3.8) is 0 Å². The third kappa shape index (κ3) is 5.27. The van der Waals surface area contributed by atoms with Crippen LogP contribution < -0.4 is 10.3 Å². The molecule has 0 bridgehead atoms. The van der Waals surface area contributed by atoms with Gasteiger partial charge in [-0.05, 0) is 67.1 Å². The Balaban J connectivity index is 1.36. The van der Waals surface area contributed by atoms with Gasteiger partial charge in [0.2, 0.25) is 0 Å². The second kappa shape index (κ2) is 10.5. The van der Waals surface area contributed by atoms with E-state index in [1.807, 2.05) is 48.0 Å². The van der Waals surface area contributed by atoms with Gasteiger partial charge in [0.25, 0.3) is 5.91 Å². The molecule has 0 saturated carbocycles. The number of hydrogen-bond donors (Lipinski definition) is 1. The molecule has 0 aliphatic carbocycles. The van der Waals surface area contributed by atoms with E-state index in [1.165, 1.54) is 12.1 Å². The Labute approximate surface area is 214 Å². The summed E-state index contributed by atoms with van der Waals surface area (Å²) < 4.78 is 15.1. The summed E-state index contributed by atoms with van der Waals surface area (Å²) in [5, 5.41) is 0.661. The summed E-state index contributed by atoms with van der Waals surface area (Å²) in [7, 11) is 0. The molecule has 1 amide bonds. The van der Waals surface area contributed by atoms with Gasteiger partial charge in [-0.15, -0.1) is 0 Å². The number of hydrogen-bond acceptors (Lipinski definition) is 4. The molecule has 0 radical (unpaired) electrons. The van der Waals surface area contributed by atoms with E-state index in [0.717, 1.165) is 60.9 Å². The first kappa shape index (κ1) is 24.0. The number of pyridine rings is 1.